The summed E-state index contributed by atoms with van der Waals surface area (Å²) in [5.41, 5.74) is 0. The van der Waals surface area contributed by atoms with Crippen molar-refractivity contribution < 1.29 is 32.6 Å². The molecule has 2 heterocycles. The molecule has 28 heavy (non-hydrogen) atoms. The van der Waals surface area contributed by atoms with Crippen molar-refractivity contribution in [3.05, 3.63) is 18.2 Å². The summed E-state index contributed by atoms with van der Waals surface area (Å²) in [7, 11) is -2.59. The first-order valence-electron chi connectivity index (χ1n) is 9.15. The molecule has 0 saturated carbocycles. The summed E-state index contributed by atoms with van der Waals surface area (Å²) in [5.74, 6) is -1.11. The van der Waals surface area contributed by atoms with E-state index in [1.54, 1.807) is 6.07 Å². The normalized spacial score (nSPS) is 19.9. The molecule has 3 rings (SSSR count). The minimum Gasteiger partial charge on any atom is -0.490 e. The summed E-state index contributed by atoms with van der Waals surface area (Å²) < 4.78 is 37.7. The van der Waals surface area contributed by atoms with Gasteiger partial charge in [-0.3, -0.25) is 9.59 Å². The highest BCUT2D eigenvalue weighted by molar-refractivity contribution is 7.89. The molecule has 2 aliphatic heterocycles. The largest absolute Gasteiger partial charge is 0.490 e. The van der Waals surface area contributed by atoms with Crippen LogP contribution in [0.5, 0.6) is 11.5 Å². The maximum atomic E-state index is 12.9. The number of hydrogen-bond donors (Lipinski definition) is 1. The number of benzene rings is 1. The number of amides is 1. The Morgan fingerprint density at radius 3 is 2.64 bits per heavy atom. The molecule has 10 heteroatoms. The molecule has 154 valence electrons. The topological polar surface area (TPSA) is 113 Å². The fourth-order valence-corrected chi connectivity index (χ4v) is 4.40. The first-order chi connectivity index (χ1) is 13.3. The van der Waals surface area contributed by atoms with Crippen LogP contribution in [0.25, 0.3) is 0 Å². The lowest BCUT2D eigenvalue weighted by Crippen LogP contribution is -2.46. The van der Waals surface area contributed by atoms with Gasteiger partial charge in [-0.1, -0.05) is 0 Å². The Morgan fingerprint density at radius 1 is 1.21 bits per heavy atom. The second-order valence-corrected chi connectivity index (χ2v) is 8.98. The Morgan fingerprint density at radius 2 is 1.93 bits per heavy atom. The van der Waals surface area contributed by atoms with E-state index < -0.39 is 27.8 Å². The molecule has 2 aliphatic rings. The third-order valence-corrected chi connectivity index (χ3v) is 6.71. The van der Waals surface area contributed by atoms with E-state index in [9.17, 15) is 18.0 Å². The number of hydrogen-bond acceptors (Lipinski definition) is 6. The van der Waals surface area contributed by atoms with Crippen molar-refractivity contribution in [3.8, 4) is 11.5 Å². The SMILES string of the molecule is CN(CC(=O)N1CCC[C@H](C(=O)O)C1)S(=O)(=O)c1ccc2c(c1)OCCCO2. The van der Waals surface area contributed by atoms with Crippen LogP contribution in [0.2, 0.25) is 0 Å². The van der Waals surface area contributed by atoms with Crippen LogP contribution in [-0.4, -0.2) is 74.5 Å². The Hall–Kier alpha value is -2.33. The molecule has 1 aromatic carbocycles. The van der Waals surface area contributed by atoms with E-state index in [1.807, 2.05) is 0 Å². The van der Waals surface area contributed by atoms with Gasteiger partial charge in [-0.05, 0) is 25.0 Å². The van der Waals surface area contributed by atoms with Crippen molar-refractivity contribution in [2.24, 2.45) is 5.92 Å². The zero-order valence-corrected chi connectivity index (χ0v) is 16.5. The average Bonchev–Trinajstić information content (AvgIpc) is 2.92. The molecule has 1 atom stereocenters. The van der Waals surface area contributed by atoms with E-state index in [0.29, 0.717) is 50.5 Å². The summed E-state index contributed by atoms with van der Waals surface area (Å²) in [6.07, 6.45) is 1.81. The van der Waals surface area contributed by atoms with Gasteiger partial charge in [-0.2, -0.15) is 4.31 Å². The number of carbonyl (C=O) groups excluding carboxylic acids is 1. The van der Waals surface area contributed by atoms with Crippen LogP contribution >= 0.6 is 0 Å². The molecule has 0 radical (unpaired) electrons. The minimum absolute atomic E-state index is 0.00843. The molecule has 1 saturated heterocycles. The summed E-state index contributed by atoms with van der Waals surface area (Å²) in [6, 6.07) is 4.37. The van der Waals surface area contributed by atoms with Crippen LogP contribution in [-0.2, 0) is 19.6 Å². The first-order valence-corrected chi connectivity index (χ1v) is 10.6. The van der Waals surface area contributed by atoms with E-state index in [1.165, 1.54) is 24.1 Å². The van der Waals surface area contributed by atoms with Gasteiger partial charge in [0.2, 0.25) is 15.9 Å². The van der Waals surface area contributed by atoms with E-state index in [2.05, 4.69) is 0 Å². The number of ether oxygens (including phenoxy) is 2. The Bertz CT molecular complexity index is 855. The number of carbonyl (C=O) groups is 2. The fourth-order valence-electron chi connectivity index (χ4n) is 3.26. The smallest absolute Gasteiger partial charge is 0.308 e. The molecule has 1 amide bonds. The van der Waals surface area contributed by atoms with Crippen LogP contribution < -0.4 is 9.47 Å². The maximum absolute atomic E-state index is 12.9. The lowest BCUT2D eigenvalue weighted by Gasteiger charge is -2.31. The highest BCUT2D eigenvalue weighted by Gasteiger charge is 2.31. The van der Waals surface area contributed by atoms with Gasteiger partial charge in [0.05, 0.1) is 30.6 Å². The number of sulfonamides is 1. The Kier molecular flexibility index (Phi) is 6.09. The summed E-state index contributed by atoms with van der Waals surface area (Å²) in [5, 5.41) is 9.15. The van der Waals surface area contributed by atoms with E-state index >= 15 is 0 Å². The molecule has 1 N–H and O–H groups in total. The summed E-state index contributed by atoms with van der Waals surface area (Å²) in [4.78, 5) is 25.1. The molecular weight excluding hydrogens is 388 g/mol. The third-order valence-electron chi connectivity index (χ3n) is 4.91. The highest BCUT2D eigenvalue weighted by Crippen LogP contribution is 2.32. The zero-order valence-electron chi connectivity index (χ0n) is 15.7. The molecule has 0 bridgehead atoms. The summed E-state index contributed by atoms with van der Waals surface area (Å²) in [6.45, 7) is 1.11. The predicted molar refractivity (Wildman–Crippen MR) is 98.8 cm³/mol. The quantitative estimate of drug-likeness (QED) is 0.761. The van der Waals surface area contributed by atoms with E-state index in [0.717, 1.165) is 4.31 Å². The van der Waals surface area contributed by atoms with Crippen LogP contribution in [0.15, 0.2) is 23.1 Å². The molecule has 0 spiro atoms. The lowest BCUT2D eigenvalue weighted by atomic mass is 9.98. The van der Waals surface area contributed by atoms with Crippen molar-refractivity contribution in [1.29, 1.82) is 0 Å². The number of nitrogens with zero attached hydrogens (tertiary/aromatic N) is 2. The summed E-state index contributed by atoms with van der Waals surface area (Å²) >= 11 is 0. The van der Waals surface area contributed by atoms with Gasteiger partial charge in [-0.15, -0.1) is 0 Å². The number of carboxylic acid groups (broad SMARTS) is 1. The fraction of sp³-hybridized carbons (Fsp3) is 0.556. The second kappa shape index (κ2) is 8.36. The van der Waals surface area contributed by atoms with Gasteiger partial charge in [-0.25, -0.2) is 8.42 Å². The van der Waals surface area contributed by atoms with Gasteiger partial charge in [0.25, 0.3) is 0 Å². The number of aliphatic carboxylic acids is 1. The minimum atomic E-state index is -3.91. The van der Waals surface area contributed by atoms with Crippen molar-refractivity contribution >= 4 is 21.9 Å². The number of rotatable bonds is 5. The maximum Gasteiger partial charge on any atom is 0.308 e. The zero-order chi connectivity index (χ0) is 20.3. The van der Waals surface area contributed by atoms with Gasteiger partial charge in [0.15, 0.2) is 11.5 Å². The average molecular weight is 412 g/mol. The second-order valence-electron chi connectivity index (χ2n) is 6.94. The Balaban J connectivity index is 1.71. The van der Waals surface area contributed by atoms with Crippen LogP contribution in [0, 0.1) is 5.92 Å². The highest BCUT2D eigenvalue weighted by atomic mass is 32.2. The predicted octanol–water partition coefficient (Wildman–Crippen LogP) is 0.792. The van der Waals surface area contributed by atoms with Crippen molar-refractivity contribution in [3.63, 3.8) is 0 Å². The van der Waals surface area contributed by atoms with Gasteiger partial charge in [0.1, 0.15) is 0 Å². The molecule has 0 aliphatic carbocycles. The molecule has 0 aromatic heterocycles. The van der Waals surface area contributed by atoms with Crippen molar-refractivity contribution in [1.82, 2.24) is 9.21 Å². The van der Waals surface area contributed by atoms with Crippen LogP contribution in [0.1, 0.15) is 19.3 Å². The standard InChI is InChI=1S/C18H24N2O7S/c1-19(12-17(21)20-7-2-4-13(11-20)18(22)23)28(24,25)14-5-6-15-16(10-14)27-9-3-8-26-15/h5-6,10,13H,2-4,7-9,11-12H2,1H3,(H,22,23)/t13-/m0/s1. The Labute approximate surface area is 163 Å². The number of fused-ring (bicyclic) bond motifs is 1. The van der Waals surface area contributed by atoms with Gasteiger partial charge >= 0.3 is 5.97 Å². The van der Waals surface area contributed by atoms with Crippen molar-refractivity contribution in [2.75, 3.05) is 39.9 Å². The van der Waals surface area contributed by atoms with Crippen molar-refractivity contribution in [2.45, 2.75) is 24.2 Å². The molecule has 1 aromatic rings. The van der Waals surface area contributed by atoms with E-state index in [-0.39, 0.29) is 18.0 Å². The third kappa shape index (κ3) is 4.39. The van der Waals surface area contributed by atoms with Crippen LogP contribution in [0.4, 0.5) is 0 Å². The van der Waals surface area contributed by atoms with Crippen LogP contribution in [0.3, 0.4) is 0 Å². The number of likely N-dealkylation sites (N-methyl/N-ethyl adjacent to an activating group) is 1. The lowest BCUT2D eigenvalue weighted by molar-refractivity contribution is -0.145. The molecule has 9 nitrogen and oxygen atoms in total. The van der Waals surface area contributed by atoms with Gasteiger partial charge < -0.3 is 19.5 Å². The van der Waals surface area contributed by atoms with E-state index in [4.69, 9.17) is 14.6 Å². The molecule has 1 fully saturated rings. The molecule has 0 unspecified atom stereocenters. The monoisotopic (exact) mass is 412 g/mol. The number of piperidine rings is 1. The number of carboxylic acids is 1. The first kappa shape index (κ1) is 20.4. The molecular formula is C18H24N2O7S. The number of likely N-dealkylation sites (tertiary alicyclic amines) is 1. The van der Waals surface area contributed by atoms with Gasteiger partial charge in [0, 0.05) is 32.6 Å².